The Balaban J connectivity index is 0.00000422. The molecular formula is C51H38N3O2Pt-. The minimum atomic E-state index is -0.240. The smallest absolute Gasteiger partial charge is 0.217 e. The van der Waals surface area contributed by atoms with Gasteiger partial charge in [0.05, 0.1) is 23.6 Å². The maximum Gasteiger partial charge on any atom is 0.217 e. The molecule has 1 N–H and O–H groups in total. The van der Waals surface area contributed by atoms with Crippen molar-refractivity contribution in [2.45, 2.75) is 31.3 Å². The molecule has 2 heterocycles. The van der Waals surface area contributed by atoms with E-state index in [9.17, 15) is 5.11 Å². The molecule has 0 bridgehead atoms. The van der Waals surface area contributed by atoms with Gasteiger partial charge in [0.1, 0.15) is 11.3 Å². The predicted molar refractivity (Wildman–Crippen MR) is 227 cm³/mol. The van der Waals surface area contributed by atoms with Gasteiger partial charge in [-0.05, 0) is 57.6 Å². The van der Waals surface area contributed by atoms with E-state index in [1.54, 1.807) is 6.07 Å². The number of para-hydroxylation sites is 1. The van der Waals surface area contributed by atoms with Gasteiger partial charge in [0, 0.05) is 54.8 Å². The summed E-state index contributed by atoms with van der Waals surface area (Å²) in [7, 11) is 0. The number of hydrogen-bond acceptors (Lipinski definition) is 5. The Labute approximate surface area is 347 Å². The first kappa shape index (κ1) is 36.4. The SMILES string of the molecule is CC1(C)c2ccccc2[C@@H]2[C@H]1N=C(c1[c-]c(Oc3ccc4cccc(O)c4n3)ccc1)N2c1c(-c2ccccc2)cc(-c2ccccc2)cc1-c1ccccc1.[Pt]. The zero-order valence-electron chi connectivity index (χ0n) is 31.4. The van der Waals surface area contributed by atoms with Crippen molar-refractivity contribution in [3.8, 4) is 50.8 Å². The average Bonchev–Trinajstić information content (AvgIpc) is 3.75. The fourth-order valence-corrected chi connectivity index (χ4v) is 8.64. The number of amidine groups is 1. The Hall–Kier alpha value is -6.29. The molecule has 0 unspecified atom stereocenters. The number of phenols is 1. The Bertz CT molecular complexity index is 2730. The average molecular weight is 920 g/mol. The van der Waals surface area contributed by atoms with Crippen molar-refractivity contribution < 1.29 is 30.9 Å². The molecule has 0 radical (unpaired) electrons. The van der Waals surface area contributed by atoms with Gasteiger partial charge in [-0.25, -0.2) is 4.98 Å². The molecule has 7 aromatic carbocycles. The van der Waals surface area contributed by atoms with E-state index in [1.807, 2.05) is 36.4 Å². The number of fused-ring (bicyclic) bond motifs is 4. The van der Waals surface area contributed by atoms with E-state index < -0.39 is 0 Å². The molecule has 10 rings (SSSR count). The van der Waals surface area contributed by atoms with Gasteiger partial charge >= 0.3 is 0 Å². The third kappa shape index (κ3) is 6.33. The van der Waals surface area contributed by atoms with E-state index in [1.165, 1.54) is 11.1 Å². The van der Waals surface area contributed by atoms with E-state index in [4.69, 9.17) is 9.73 Å². The van der Waals surface area contributed by atoms with Crippen molar-refractivity contribution in [2.75, 3.05) is 4.90 Å². The Kier molecular flexibility index (Phi) is 9.35. The number of rotatable bonds is 7. The molecule has 5 nitrogen and oxygen atoms in total. The molecule has 8 aromatic rings. The maximum atomic E-state index is 10.5. The van der Waals surface area contributed by atoms with E-state index in [-0.39, 0.29) is 44.3 Å². The summed E-state index contributed by atoms with van der Waals surface area (Å²) in [6, 6.07) is 64.0. The number of anilines is 1. The minimum absolute atomic E-state index is 0. The van der Waals surface area contributed by atoms with Crippen molar-refractivity contribution in [1.82, 2.24) is 4.98 Å². The van der Waals surface area contributed by atoms with Crippen LogP contribution in [0.5, 0.6) is 17.4 Å². The number of benzene rings is 7. The second-order valence-electron chi connectivity index (χ2n) is 15.1. The molecule has 0 spiro atoms. The largest absolute Gasteiger partial charge is 0.506 e. The molecule has 1 aliphatic carbocycles. The summed E-state index contributed by atoms with van der Waals surface area (Å²) in [6.07, 6.45) is 0. The molecule has 2 atom stereocenters. The molecule has 1 aliphatic heterocycles. The van der Waals surface area contributed by atoms with E-state index in [2.05, 4.69) is 163 Å². The first-order valence-corrected chi connectivity index (χ1v) is 19.0. The third-order valence-electron chi connectivity index (χ3n) is 11.3. The number of phenolic OH excluding ortho intramolecular Hbond substituents is 1. The van der Waals surface area contributed by atoms with Crippen LogP contribution in [-0.2, 0) is 26.5 Å². The van der Waals surface area contributed by atoms with Crippen molar-refractivity contribution >= 4 is 22.4 Å². The monoisotopic (exact) mass is 919 g/mol. The molecule has 0 saturated heterocycles. The molecule has 0 fully saturated rings. The van der Waals surface area contributed by atoms with Crippen LogP contribution in [0.3, 0.4) is 0 Å². The molecule has 2 aliphatic rings. The Morgan fingerprint density at radius 3 is 1.93 bits per heavy atom. The normalized spacial score (nSPS) is 16.4. The third-order valence-corrected chi connectivity index (χ3v) is 11.3. The zero-order valence-corrected chi connectivity index (χ0v) is 33.7. The summed E-state index contributed by atoms with van der Waals surface area (Å²) >= 11 is 0. The van der Waals surface area contributed by atoms with Gasteiger partial charge in [0.25, 0.3) is 0 Å². The van der Waals surface area contributed by atoms with Gasteiger partial charge in [-0.15, -0.1) is 23.8 Å². The van der Waals surface area contributed by atoms with Crippen LogP contribution in [0, 0.1) is 6.07 Å². The minimum Gasteiger partial charge on any atom is -0.506 e. The van der Waals surface area contributed by atoms with E-state index in [0.717, 1.165) is 55.9 Å². The molecular weight excluding hydrogens is 882 g/mol. The summed E-state index contributed by atoms with van der Waals surface area (Å²) < 4.78 is 6.37. The number of aromatic nitrogens is 1. The fourth-order valence-electron chi connectivity index (χ4n) is 8.64. The van der Waals surface area contributed by atoms with Crippen LogP contribution in [-0.4, -0.2) is 22.0 Å². The number of pyridine rings is 1. The van der Waals surface area contributed by atoms with Gasteiger partial charge < -0.3 is 19.7 Å². The van der Waals surface area contributed by atoms with Crippen LogP contribution in [0.4, 0.5) is 5.69 Å². The number of aliphatic imine (C=N–C) groups is 1. The summed E-state index contributed by atoms with van der Waals surface area (Å²) in [4.78, 5) is 12.8. The van der Waals surface area contributed by atoms with Crippen molar-refractivity contribution in [1.29, 1.82) is 0 Å². The van der Waals surface area contributed by atoms with Gasteiger partial charge in [0.15, 0.2) is 0 Å². The first-order chi connectivity index (χ1) is 27.4. The second kappa shape index (κ2) is 14.7. The second-order valence-corrected chi connectivity index (χ2v) is 15.1. The summed E-state index contributed by atoms with van der Waals surface area (Å²) in [6.45, 7) is 4.64. The van der Waals surface area contributed by atoms with Gasteiger partial charge in [-0.3, -0.25) is 0 Å². The van der Waals surface area contributed by atoms with E-state index in [0.29, 0.717) is 17.1 Å². The van der Waals surface area contributed by atoms with Crippen molar-refractivity contribution in [3.63, 3.8) is 0 Å². The van der Waals surface area contributed by atoms with Gasteiger partial charge in [-0.1, -0.05) is 147 Å². The molecule has 6 heteroatoms. The summed E-state index contributed by atoms with van der Waals surface area (Å²) in [5, 5.41) is 11.4. The van der Waals surface area contributed by atoms with Crippen LogP contribution >= 0.6 is 0 Å². The molecule has 280 valence electrons. The number of ether oxygens (including phenoxy) is 1. The quantitative estimate of drug-likeness (QED) is 0.162. The van der Waals surface area contributed by atoms with Crippen LogP contribution in [0.2, 0.25) is 0 Å². The standard InChI is InChI=1S/C51H38N3O2.Pt/c1-51(2)43-26-13-12-25-40(43)48-49(51)53-50(37-23-14-24-39(30-37)56-45-29-28-36-22-15-27-44(55)46(36)52-45)54(48)47-41(34-18-8-4-9-19-34)31-38(33-16-6-3-7-17-33)32-42(47)35-20-10-5-11-21-35;/h3-29,31-32,48-49,55H,1-2H3;/q-1;/t48-,49-;/m1./s1. The van der Waals surface area contributed by atoms with Crippen LogP contribution in [0.25, 0.3) is 44.3 Å². The van der Waals surface area contributed by atoms with E-state index >= 15 is 0 Å². The van der Waals surface area contributed by atoms with Gasteiger partial charge in [0.2, 0.25) is 5.88 Å². The summed E-state index contributed by atoms with van der Waals surface area (Å²) in [5.41, 5.74) is 11.5. The number of hydrogen-bond donors (Lipinski definition) is 1. The number of nitrogens with zero attached hydrogens (tertiary/aromatic N) is 3. The maximum absolute atomic E-state index is 10.5. The van der Waals surface area contributed by atoms with Gasteiger partial charge in [-0.2, -0.15) is 0 Å². The molecule has 0 saturated carbocycles. The van der Waals surface area contributed by atoms with Crippen LogP contribution < -0.4 is 9.64 Å². The number of aromatic hydroxyl groups is 1. The first-order valence-electron chi connectivity index (χ1n) is 19.0. The van der Waals surface area contributed by atoms with Crippen LogP contribution in [0.1, 0.15) is 36.6 Å². The molecule has 0 amide bonds. The summed E-state index contributed by atoms with van der Waals surface area (Å²) in [5.74, 6) is 1.82. The zero-order chi connectivity index (χ0) is 37.8. The fraction of sp³-hybridized carbons (Fsp3) is 0.0980. The predicted octanol–water partition coefficient (Wildman–Crippen LogP) is 12.2. The molecule has 1 aromatic heterocycles. The van der Waals surface area contributed by atoms with Crippen LogP contribution in [0.15, 0.2) is 181 Å². The Morgan fingerprint density at radius 1 is 0.632 bits per heavy atom. The van der Waals surface area contributed by atoms with Crippen molar-refractivity contribution in [3.05, 3.63) is 199 Å². The molecule has 57 heavy (non-hydrogen) atoms. The van der Waals surface area contributed by atoms with Crippen molar-refractivity contribution in [2.24, 2.45) is 4.99 Å². The topological polar surface area (TPSA) is 58.0 Å². The Morgan fingerprint density at radius 2 is 1.25 bits per heavy atom.